The van der Waals surface area contributed by atoms with Crippen LogP contribution in [0.25, 0.3) is 0 Å². The standard InChI is InChI=1S/C13H15N3O2/c1-9-8-11(16-15-9)14-13(17)12(18-2)10-6-4-3-5-7-10/h3-8,12H,1-2H3,(H2,14,15,16,17). The van der Waals surface area contributed by atoms with Crippen molar-refractivity contribution in [2.45, 2.75) is 13.0 Å². The van der Waals surface area contributed by atoms with E-state index < -0.39 is 6.10 Å². The van der Waals surface area contributed by atoms with Gasteiger partial charge >= 0.3 is 0 Å². The number of methoxy groups -OCH3 is 1. The van der Waals surface area contributed by atoms with Gasteiger partial charge in [0.25, 0.3) is 5.91 Å². The largest absolute Gasteiger partial charge is 0.367 e. The Morgan fingerprint density at radius 1 is 1.39 bits per heavy atom. The third kappa shape index (κ3) is 2.75. The third-order valence-electron chi connectivity index (χ3n) is 2.53. The average molecular weight is 245 g/mol. The molecule has 2 N–H and O–H groups in total. The first-order valence-electron chi connectivity index (χ1n) is 5.61. The maximum absolute atomic E-state index is 12.1. The molecule has 0 saturated carbocycles. The molecule has 5 nitrogen and oxygen atoms in total. The van der Waals surface area contributed by atoms with Crippen molar-refractivity contribution >= 4 is 11.7 Å². The second-order valence-corrected chi connectivity index (χ2v) is 3.95. The first-order valence-corrected chi connectivity index (χ1v) is 5.61. The molecule has 94 valence electrons. The summed E-state index contributed by atoms with van der Waals surface area (Å²) in [5.74, 6) is 0.255. The highest BCUT2D eigenvalue weighted by atomic mass is 16.5. The molecule has 0 aliphatic heterocycles. The van der Waals surface area contributed by atoms with Crippen molar-refractivity contribution in [1.29, 1.82) is 0 Å². The maximum atomic E-state index is 12.1. The smallest absolute Gasteiger partial charge is 0.259 e. The molecule has 0 radical (unpaired) electrons. The molecule has 1 atom stereocenters. The van der Waals surface area contributed by atoms with Gasteiger partial charge in [0.05, 0.1) is 0 Å². The van der Waals surface area contributed by atoms with Gasteiger partial charge in [-0.2, -0.15) is 5.10 Å². The number of aryl methyl sites for hydroxylation is 1. The third-order valence-corrected chi connectivity index (χ3v) is 2.53. The quantitative estimate of drug-likeness (QED) is 0.866. The van der Waals surface area contributed by atoms with Crippen molar-refractivity contribution in [3.63, 3.8) is 0 Å². The number of aromatic amines is 1. The van der Waals surface area contributed by atoms with Gasteiger partial charge in [0.1, 0.15) is 0 Å². The minimum absolute atomic E-state index is 0.241. The monoisotopic (exact) mass is 245 g/mol. The molecular formula is C13H15N3O2. The molecule has 2 rings (SSSR count). The highest BCUT2D eigenvalue weighted by Crippen LogP contribution is 2.18. The van der Waals surface area contributed by atoms with Gasteiger partial charge in [0.15, 0.2) is 11.9 Å². The molecule has 18 heavy (non-hydrogen) atoms. The van der Waals surface area contributed by atoms with Crippen LogP contribution in [0.3, 0.4) is 0 Å². The highest BCUT2D eigenvalue weighted by molar-refractivity contribution is 5.94. The Morgan fingerprint density at radius 3 is 2.67 bits per heavy atom. The molecule has 0 aliphatic rings. The molecule has 0 bridgehead atoms. The van der Waals surface area contributed by atoms with E-state index in [0.717, 1.165) is 11.3 Å². The van der Waals surface area contributed by atoms with Gasteiger partial charge in [-0.3, -0.25) is 9.89 Å². The van der Waals surface area contributed by atoms with Crippen molar-refractivity contribution in [1.82, 2.24) is 10.2 Å². The Hall–Kier alpha value is -2.14. The summed E-state index contributed by atoms with van der Waals surface area (Å²) in [6.45, 7) is 1.87. The van der Waals surface area contributed by atoms with E-state index in [1.54, 1.807) is 6.07 Å². The lowest BCUT2D eigenvalue weighted by Crippen LogP contribution is -2.22. The van der Waals surface area contributed by atoms with Crippen LogP contribution in [0.4, 0.5) is 5.82 Å². The Balaban J connectivity index is 2.11. The number of carbonyl (C=O) groups excluding carboxylic acids is 1. The molecule has 0 aliphatic carbocycles. The fourth-order valence-electron chi connectivity index (χ4n) is 1.70. The Labute approximate surface area is 105 Å². The lowest BCUT2D eigenvalue weighted by Gasteiger charge is -2.14. The molecule has 0 fully saturated rings. The number of nitrogens with zero attached hydrogens (tertiary/aromatic N) is 1. The van der Waals surface area contributed by atoms with E-state index >= 15 is 0 Å². The van der Waals surface area contributed by atoms with E-state index in [0.29, 0.717) is 5.82 Å². The molecule has 1 unspecified atom stereocenters. The van der Waals surface area contributed by atoms with Crippen molar-refractivity contribution in [3.8, 4) is 0 Å². The van der Waals surface area contributed by atoms with E-state index in [4.69, 9.17) is 4.74 Å². The fraction of sp³-hybridized carbons (Fsp3) is 0.231. The lowest BCUT2D eigenvalue weighted by atomic mass is 10.1. The number of anilines is 1. The molecule has 1 heterocycles. The number of ether oxygens (including phenoxy) is 1. The molecule has 1 aromatic carbocycles. The van der Waals surface area contributed by atoms with Gasteiger partial charge in [-0.25, -0.2) is 0 Å². The summed E-state index contributed by atoms with van der Waals surface area (Å²) in [6.07, 6.45) is -0.636. The van der Waals surface area contributed by atoms with Crippen LogP contribution >= 0.6 is 0 Å². The summed E-state index contributed by atoms with van der Waals surface area (Å²) < 4.78 is 5.23. The van der Waals surface area contributed by atoms with Crippen molar-refractivity contribution in [2.75, 3.05) is 12.4 Å². The number of rotatable bonds is 4. The SMILES string of the molecule is COC(C(=O)Nc1cc(C)[nH]n1)c1ccccc1. The van der Waals surface area contributed by atoms with E-state index in [-0.39, 0.29) is 5.91 Å². The minimum Gasteiger partial charge on any atom is -0.367 e. The Morgan fingerprint density at radius 2 is 2.11 bits per heavy atom. The number of benzene rings is 1. The first kappa shape index (κ1) is 12.3. The van der Waals surface area contributed by atoms with E-state index in [1.807, 2.05) is 37.3 Å². The predicted molar refractivity (Wildman–Crippen MR) is 68.1 cm³/mol. The topological polar surface area (TPSA) is 67.0 Å². The number of carbonyl (C=O) groups is 1. The van der Waals surface area contributed by atoms with Gasteiger partial charge in [-0.05, 0) is 12.5 Å². The molecule has 1 aromatic heterocycles. The van der Waals surface area contributed by atoms with Gasteiger partial charge < -0.3 is 10.1 Å². The van der Waals surface area contributed by atoms with Crippen molar-refractivity contribution in [2.24, 2.45) is 0 Å². The van der Waals surface area contributed by atoms with Gasteiger partial charge in [-0.15, -0.1) is 0 Å². The highest BCUT2D eigenvalue weighted by Gasteiger charge is 2.20. The zero-order valence-electron chi connectivity index (χ0n) is 10.3. The fourth-order valence-corrected chi connectivity index (χ4v) is 1.70. The van der Waals surface area contributed by atoms with Crippen LogP contribution in [0.15, 0.2) is 36.4 Å². The summed E-state index contributed by atoms with van der Waals surface area (Å²) in [7, 11) is 1.51. The van der Waals surface area contributed by atoms with Crippen LogP contribution in [0.5, 0.6) is 0 Å². The van der Waals surface area contributed by atoms with Crippen LogP contribution in [0.2, 0.25) is 0 Å². The van der Waals surface area contributed by atoms with E-state index in [1.165, 1.54) is 7.11 Å². The first-order chi connectivity index (χ1) is 8.70. The zero-order valence-corrected chi connectivity index (χ0v) is 10.3. The van der Waals surface area contributed by atoms with Crippen LogP contribution in [0.1, 0.15) is 17.4 Å². The molecule has 5 heteroatoms. The molecule has 0 saturated heterocycles. The number of nitrogens with one attached hydrogen (secondary N) is 2. The summed E-state index contributed by atoms with van der Waals surface area (Å²) in [5.41, 5.74) is 1.70. The normalized spacial score (nSPS) is 12.1. The molecule has 0 spiro atoms. The van der Waals surface area contributed by atoms with Crippen molar-refractivity contribution in [3.05, 3.63) is 47.7 Å². The van der Waals surface area contributed by atoms with Gasteiger partial charge in [-0.1, -0.05) is 30.3 Å². The van der Waals surface area contributed by atoms with Crippen LogP contribution < -0.4 is 5.32 Å². The van der Waals surface area contributed by atoms with Crippen molar-refractivity contribution < 1.29 is 9.53 Å². The lowest BCUT2D eigenvalue weighted by molar-refractivity contribution is -0.126. The van der Waals surface area contributed by atoms with Gasteiger partial charge in [0, 0.05) is 18.9 Å². The Kier molecular flexibility index (Phi) is 3.74. The van der Waals surface area contributed by atoms with Crippen LogP contribution in [-0.4, -0.2) is 23.2 Å². The minimum atomic E-state index is -0.636. The predicted octanol–water partition coefficient (Wildman–Crippen LogP) is 2.04. The molecular weight excluding hydrogens is 230 g/mol. The number of aromatic nitrogens is 2. The second kappa shape index (κ2) is 5.46. The summed E-state index contributed by atoms with van der Waals surface area (Å²) in [6, 6.07) is 11.1. The van der Waals surface area contributed by atoms with Gasteiger partial charge in [0.2, 0.25) is 0 Å². The van der Waals surface area contributed by atoms with E-state index in [2.05, 4.69) is 15.5 Å². The summed E-state index contributed by atoms with van der Waals surface area (Å²) in [4.78, 5) is 12.1. The Bertz CT molecular complexity index is 522. The van der Waals surface area contributed by atoms with Crippen LogP contribution in [0, 0.1) is 6.92 Å². The second-order valence-electron chi connectivity index (χ2n) is 3.95. The number of hydrogen-bond donors (Lipinski definition) is 2. The van der Waals surface area contributed by atoms with E-state index in [9.17, 15) is 4.79 Å². The van der Waals surface area contributed by atoms with Crippen LogP contribution in [-0.2, 0) is 9.53 Å². The number of H-pyrrole nitrogens is 1. The average Bonchev–Trinajstić information content (AvgIpc) is 2.77. The zero-order chi connectivity index (χ0) is 13.0. The molecule has 2 aromatic rings. The number of hydrogen-bond acceptors (Lipinski definition) is 3. The maximum Gasteiger partial charge on any atom is 0.259 e. The summed E-state index contributed by atoms with van der Waals surface area (Å²) in [5, 5.41) is 9.42. The molecule has 1 amide bonds. The summed E-state index contributed by atoms with van der Waals surface area (Å²) >= 11 is 0. The number of amides is 1.